The fraction of sp³-hybridized carbons (Fsp3) is 0.689. The molecule has 0 N–H and O–H groups in total. The SMILES string of the molecule is CCCCCCCCCCCCC(c1ccccc1)[N+](C)(C)C.CCCCCCCCCCCC[N+](CC=O)(CC=O)Cc1ccccc1.[Cl-].[Cl-]. The standard InChI is InChI=1S/C23H38NO2.C22H40N.2ClH/c1-2-3-4-5-6-7-8-9-10-14-17-24(18-20-25,19-21-26)22-23-15-12-11-13-16-23;1-5-6-7-8-9-10-11-12-13-17-20-22(23(2,3)4)21-18-15-14-16-19-21;;/h11-13,15-16,20-21H,2-10,14,17-19,22H2,1H3;14-16,18-19,22H,5-13,17,20H2,1-4H3;2*1H/q2*+1;;/p-2. The summed E-state index contributed by atoms with van der Waals surface area (Å²) >= 11 is 0. The first-order valence-electron chi connectivity index (χ1n) is 20.4. The molecule has 0 saturated heterocycles. The van der Waals surface area contributed by atoms with E-state index < -0.39 is 0 Å². The highest BCUT2D eigenvalue weighted by Gasteiger charge is 2.27. The van der Waals surface area contributed by atoms with Crippen molar-refractivity contribution in [2.45, 2.75) is 161 Å². The lowest BCUT2D eigenvalue weighted by atomic mass is 9.97. The second-order valence-electron chi connectivity index (χ2n) is 15.6. The van der Waals surface area contributed by atoms with Gasteiger partial charge in [0.05, 0.1) is 27.7 Å². The van der Waals surface area contributed by atoms with Crippen molar-refractivity contribution in [2.24, 2.45) is 0 Å². The van der Waals surface area contributed by atoms with E-state index in [1.807, 2.05) is 18.2 Å². The molecule has 0 aliphatic heterocycles. The summed E-state index contributed by atoms with van der Waals surface area (Å²) in [4.78, 5) is 22.5. The van der Waals surface area contributed by atoms with E-state index in [9.17, 15) is 9.59 Å². The van der Waals surface area contributed by atoms with Crippen molar-refractivity contribution < 1.29 is 43.4 Å². The van der Waals surface area contributed by atoms with Crippen LogP contribution >= 0.6 is 0 Å². The molecule has 0 aliphatic rings. The van der Waals surface area contributed by atoms with Crippen molar-refractivity contribution in [3.05, 3.63) is 71.8 Å². The van der Waals surface area contributed by atoms with E-state index in [0.29, 0.717) is 23.6 Å². The van der Waals surface area contributed by atoms with Gasteiger partial charge in [-0.3, -0.25) is 9.59 Å². The zero-order chi connectivity index (χ0) is 35.9. The van der Waals surface area contributed by atoms with Gasteiger partial charge in [-0.25, -0.2) is 0 Å². The molecule has 0 aromatic heterocycles. The van der Waals surface area contributed by atoms with Gasteiger partial charge < -0.3 is 33.8 Å². The van der Waals surface area contributed by atoms with Gasteiger partial charge in [0.2, 0.25) is 0 Å². The van der Waals surface area contributed by atoms with Gasteiger partial charge in [0.15, 0.2) is 12.6 Å². The van der Waals surface area contributed by atoms with E-state index in [2.05, 4.69) is 77.5 Å². The van der Waals surface area contributed by atoms with Gasteiger partial charge in [0, 0.05) is 17.5 Å². The van der Waals surface area contributed by atoms with Crippen molar-refractivity contribution in [1.82, 2.24) is 0 Å². The molecule has 2 aromatic carbocycles. The molecule has 4 nitrogen and oxygen atoms in total. The molecule has 2 aromatic rings. The van der Waals surface area contributed by atoms with E-state index in [4.69, 9.17) is 0 Å². The second kappa shape index (κ2) is 34.1. The Morgan fingerprint density at radius 2 is 0.882 bits per heavy atom. The van der Waals surface area contributed by atoms with Crippen LogP contribution in [0.25, 0.3) is 0 Å². The van der Waals surface area contributed by atoms with Crippen LogP contribution in [0.3, 0.4) is 0 Å². The molecule has 1 unspecified atom stereocenters. The molecule has 51 heavy (non-hydrogen) atoms. The van der Waals surface area contributed by atoms with Crippen LogP contribution in [0.4, 0.5) is 0 Å². The Kier molecular flexibility index (Phi) is 34.3. The Hall–Kier alpha value is -1.72. The second-order valence-corrected chi connectivity index (χ2v) is 15.6. The smallest absolute Gasteiger partial charge is 0.174 e. The van der Waals surface area contributed by atoms with Crippen LogP contribution < -0.4 is 24.8 Å². The number of hydrogen-bond acceptors (Lipinski definition) is 2. The maximum atomic E-state index is 11.2. The van der Waals surface area contributed by atoms with Gasteiger partial charge in [-0.05, 0) is 19.3 Å². The van der Waals surface area contributed by atoms with Crippen molar-refractivity contribution >= 4 is 12.6 Å². The first-order valence-corrected chi connectivity index (χ1v) is 20.4. The van der Waals surface area contributed by atoms with Crippen molar-refractivity contribution in [3.8, 4) is 0 Å². The minimum absolute atomic E-state index is 0. The molecule has 0 saturated carbocycles. The highest BCUT2D eigenvalue weighted by Crippen LogP contribution is 2.29. The average molecular weight is 750 g/mol. The lowest BCUT2D eigenvalue weighted by molar-refractivity contribution is -0.925. The van der Waals surface area contributed by atoms with Gasteiger partial charge in [-0.2, -0.15) is 0 Å². The third kappa shape index (κ3) is 26.7. The van der Waals surface area contributed by atoms with E-state index in [0.717, 1.165) is 36.6 Å². The van der Waals surface area contributed by atoms with Crippen molar-refractivity contribution in [2.75, 3.05) is 40.8 Å². The van der Waals surface area contributed by atoms with Crippen LogP contribution in [-0.2, 0) is 16.1 Å². The lowest BCUT2D eigenvalue weighted by Crippen LogP contribution is -3.00. The van der Waals surface area contributed by atoms with Crippen molar-refractivity contribution in [3.63, 3.8) is 0 Å². The molecule has 0 radical (unpaired) electrons. The molecule has 0 spiro atoms. The van der Waals surface area contributed by atoms with Gasteiger partial charge in [-0.15, -0.1) is 0 Å². The van der Waals surface area contributed by atoms with Gasteiger partial charge >= 0.3 is 0 Å². The summed E-state index contributed by atoms with van der Waals surface area (Å²) in [5.41, 5.74) is 2.69. The Labute approximate surface area is 328 Å². The molecule has 0 fully saturated rings. The molecular formula is C45H78Cl2N2O2. The highest BCUT2D eigenvalue weighted by atomic mass is 35.5. The van der Waals surface area contributed by atoms with Crippen LogP contribution in [0.15, 0.2) is 60.7 Å². The van der Waals surface area contributed by atoms with Crippen LogP contribution in [-0.4, -0.2) is 62.3 Å². The summed E-state index contributed by atoms with van der Waals surface area (Å²) in [6.07, 6.45) is 30.5. The molecule has 0 bridgehead atoms. The van der Waals surface area contributed by atoms with E-state index >= 15 is 0 Å². The topological polar surface area (TPSA) is 34.1 Å². The van der Waals surface area contributed by atoms with Crippen LogP contribution in [0.5, 0.6) is 0 Å². The minimum Gasteiger partial charge on any atom is -1.00 e. The average Bonchev–Trinajstić information content (AvgIpc) is 3.09. The summed E-state index contributed by atoms with van der Waals surface area (Å²) in [6, 6.07) is 21.9. The molecule has 2 rings (SSSR count). The fourth-order valence-electron chi connectivity index (χ4n) is 7.19. The van der Waals surface area contributed by atoms with Crippen LogP contribution in [0.1, 0.15) is 166 Å². The number of unbranched alkanes of at least 4 members (excludes halogenated alkanes) is 18. The Bertz CT molecular complexity index is 1020. The lowest BCUT2D eigenvalue weighted by Gasteiger charge is -2.35. The number of carbonyl (C=O) groups is 2. The third-order valence-corrected chi connectivity index (χ3v) is 10.2. The summed E-state index contributed by atoms with van der Waals surface area (Å²) in [5.74, 6) is 0. The number of aldehydes is 2. The number of quaternary nitrogens is 2. The Morgan fingerprint density at radius 3 is 1.27 bits per heavy atom. The number of halogens is 2. The summed E-state index contributed by atoms with van der Waals surface area (Å²) in [6.45, 7) is 7.05. The van der Waals surface area contributed by atoms with E-state index in [-0.39, 0.29) is 24.8 Å². The summed E-state index contributed by atoms with van der Waals surface area (Å²) in [5, 5.41) is 0. The largest absolute Gasteiger partial charge is 1.00 e. The number of benzene rings is 2. The van der Waals surface area contributed by atoms with E-state index in [1.165, 1.54) is 140 Å². The molecule has 1 atom stereocenters. The summed E-state index contributed by atoms with van der Waals surface area (Å²) in [7, 11) is 6.98. The first kappa shape index (κ1) is 51.4. The monoisotopic (exact) mass is 749 g/mol. The van der Waals surface area contributed by atoms with Crippen LogP contribution in [0.2, 0.25) is 0 Å². The quantitative estimate of drug-likeness (QED) is 0.0552. The fourth-order valence-corrected chi connectivity index (χ4v) is 7.19. The van der Waals surface area contributed by atoms with Gasteiger partial charge in [0.1, 0.15) is 25.7 Å². The Balaban J connectivity index is 0. The molecular weight excluding hydrogens is 671 g/mol. The van der Waals surface area contributed by atoms with Gasteiger partial charge in [-0.1, -0.05) is 184 Å². The number of rotatable bonds is 30. The molecule has 0 heterocycles. The molecule has 6 heteroatoms. The molecule has 294 valence electrons. The predicted molar refractivity (Wildman–Crippen MR) is 213 cm³/mol. The Morgan fingerprint density at radius 1 is 0.510 bits per heavy atom. The predicted octanol–water partition coefficient (Wildman–Crippen LogP) is 6.08. The normalized spacial score (nSPS) is 11.8. The maximum Gasteiger partial charge on any atom is 0.174 e. The zero-order valence-electron chi connectivity index (χ0n) is 33.7. The van der Waals surface area contributed by atoms with Crippen LogP contribution in [0, 0.1) is 0 Å². The van der Waals surface area contributed by atoms with Crippen molar-refractivity contribution in [1.29, 1.82) is 0 Å². The summed E-state index contributed by atoms with van der Waals surface area (Å²) < 4.78 is 1.59. The van der Waals surface area contributed by atoms with E-state index in [1.54, 1.807) is 0 Å². The molecule has 0 aliphatic carbocycles. The third-order valence-electron chi connectivity index (χ3n) is 10.2. The highest BCUT2D eigenvalue weighted by molar-refractivity contribution is 5.53. The molecule has 0 amide bonds. The van der Waals surface area contributed by atoms with Gasteiger partial charge in [0.25, 0.3) is 0 Å². The first-order chi connectivity index (χ1) is 23.8. The number of nitrogens with zero attached hydrogens (tertiary/aromatic N) is 2. The number of hydrogen-bond donors (Lipinski definition) is 0. The zero-order valence-corrected chi connectivity index (χ0v) is 35.2. The minimum atomic E-state index is 0. The number of carbonyl (C=O) groups excluding carboxylic acids is 2. The maximum absolute atomic E-state index is 11.2.